The van der Waals surface area contributed by atoms with E-state index in [-0.39, 0.29) is 5.41 Å². The fourth-order valence-electron chi connectivity index (χ4n) is 3.70. The first-order valence-corrected chi connectivity index (χ1v) is 7.99. The van der Waals surface area contributed by atoms with E-state index < -0.39 is 0 Å². The minimum Gasteiger partial charge on any atom is -0.0622 e. The summed E-state index contributed by atoms with van der Waals surface area (Å²) in [5, 5.41) is 0. The zero-order valence-electron chi connectivity index (χ0n) is 14.2. The fraction of sp³-hybridized carbons (Fsp3) is 0.273. The van der Waals surface area contributed by atoms with E-state index in [1.165, 1.54) is 39.0 Å². The third-order valence-electron chi connectivity index (χ3n) is 5.34. The van der Waals surface area contributed by atoms with Crippen molar-refractivity contribution in [3.8, 4) is 11.1 Å². The van der Waals surface area contributed by atoms with Crippen LogP contribution in [0.2, 0.25) is 0 Å². The van der Waals surface area contributed by atoms with Crippen molar-refractivity contribution in [3.05, 3.63) is 76.9 Å². The number of rotatable bonds is 2. The molecule has 1 aliphatic carbocycles. The predicted molar refractivity (Wildman–Crippen MR) is 96.6 cm³/mol. The number of hydrogen-bond donors (Lipinski definition) is 0. The summed E-state index contributed by atoms with van der Waals surface area (Å²) < 4.78 is 0. The summed E-state index contributed by atoms with van der Waals surface area (Å²) in [7, 11) is 0. The topological polar surface area (TPSA) is 0 Å². The lowest BCUT2D eigenvalue weighted by molar-refractivity contribution is 0.609. The summed E-state index contributed by atoms with van der Waals surface area (Å²) in [6.45, 7) is 11.5. The van der Waals surface area contributed by atoms with Gasteiger partial charge in [-0.15, -0.1) is 0 Å². The van der Waals surface area contributed by atoms with Gasteiger partial charge in [-0.05, 0) is 54.2 Å². The van der Waals surface area contributed by atoms with Crippen LogP contribution in [-0.4, -0.2) is 0 Å². The molecule has 2 aromatic rings. The summed E-state index contributed by atoms with van der Waals surface area (Å²) in [6.07, 6.45) is 0. The van der Waals surface area contributed by atoms with Crippen molar-refractivity contribution < 1.29 is 0 Å². The van der Waals surface area contributed by atoms with Crippen molar-refractivity contribution in [2.75, 3.05) is 0 Å². The molecule has 0 heteroatoms. The molecule has 0 fully saturated rings. The second-order valence-electron chi connectivity index (χ2n) is 6.79. The highest BCUT2D eigenvalue weighted by molar-refractivity contribution is 5.89. The Kier molecular flexibility index (Phi) is 3.56. The van der Waals surface area contributed by atoms with Crippen LogP contribution in [0.5, 0.6) is 0 Å². The Hall–Kier alpha value is -2.08. The van der Waals surface area contributed by atoms with E-state index in [4.69, 9.17) is 0 Å². The monoisotopic (exact) mass is 288 g/mol. The third-order valence-corrected chi connectivity index (χ3v) is 5.34. The van der Waals surface area contributed by atoms with E-state index in [1.807, 2.05) is 0 Å². The maximum atomic E-state index is 2.35. The van der Waals surface area contributed by atoms with Crippen molar-refractivity contribution in [2.45, 2.75) is 34.6 Å². The summed E-state index contributed by atoms with van der Waals surface area (Å²) in [4.78, 5) is 0. The first-order chi connectivity index (χ1) is 10.4. The Labute approximate surface area is 134 Å². The van der Waals surface area contributed by atoms with Gasteiger partial charge in [0, 0.05) is 5.41 Å². The highest BCUT2D eigenvalue weighted by Crippen LogP contribution is 2.52. The summed E-state index contributed by atoms with van der Waals surface area (Å²) in [5.74, 6) is 0. The second kappa shape index (κ2) is 5.28. The van der Waals surface area contributed by atoms with Gasteiger partial charge in [-0.2, -0.15) is 0 Å². The number of hydrogen-bond acceptors (Lipinski definition) is 0. The SMILES string of the molecule is CC1=C(C)C(C)(C)C(c2ccccc2-c2ccccc2)=C1C. The molecule has 0 unspecified atom stereocenters. The lowest BCUT2D eigenvalue weighted by Gasteiger charge is -2.28. The maximum absolute atomic E-state index is 2.35. The van der Waals surface area contributed by atoms with Gasteiger partial charge in [0.15, 0.2) is 0 Å². The summed E-state index contributed by atoms with van der Waals surface area (Å²) >= 11 is 0. The Bertz CT molecular complexity index is 771. The van der Waals surface area contributed by atoms with Crippen LogP contribution in [0.25, 0.3) is 16.7 Å². The summed E-state index contributed by atoms with van der Waals surface area (Å²) in [6, 6.07) is 19.5. The average molecular weight is 288 g/mol. The Morgan fingerprint density at radius 1 is 0.636 bits per heavy atom. The molecule has 1 aliphatic rings. The smallest absolute Gasteiger partial charge is 0.0117 e. The Balaban J connectivity index is 2.24. The number of allylic oxidation sites excluding steroid dienone is 4. The molecule has 0 saturated heterocycles. The summed E-state index contributed by atoms with van der Waals surface area (Å²) in [5.41, 5.74) is 9.93. The van der Waals surface area contributed by atoms with E-state index in [1.54, 1.807) is 0 Å². The minimum atomic E-state index is 0.0963. The van der Waals surface area contributed by atoms with Crippen LogP contribution in [0.1, 0.15) is 40.2 Å². The molecule has 22 heavy (non-hydrogen) atoms. The molecule has 0 nitrogen and oxygen atoms in total. The van der Waals surface area contributed by atoms with Crippen molar-refractivity contribution in [1.82, 2.24) is 0 Å². The van der Waals surface area contributed by atoms with E-state index in [0.717, 1.165) is 0 Å². The average Bonchev–Trinajstić information content (AvgIpc) is 2.68. The van der Waals surface area contributed by atoms with Crippen LogP contribution >= 0.6 is 0 Å². The molecule has 0 aliphatic heterocycles. The van der Waals surface area contributed by atoms with E-state index in [2.05, 4.69) is 89.2 Å². The zero-order chi connectivity index (χ0) is 15.9. The van der Waals surface area contributed by atoms with Crippen LogP contribution in [0, 0.1) is 5.41 Å². The van der Waals surface area contributed by atoms with Gasteiger partial charge in [-0.3, -0.25) is 0 Å². The molecule has 0 heterocycles. The van der Waals surface area contributed by atoms with Gasteiger partial charge >= 0.3 is 0 Å². The second-order valence-corrected chi connectivity index (χ2v) is 6.79. The quantitative estimate of drug-likeness (QED) is 0.591. The van der Waals surface area contributed by atoms with Crippen molar-refractivity contribution >= 4 is 5.57 Å². The van der Waals surface area contributed by atoms with Gasteiger partial charge in [-0.1, -0.05) is 74.0 Å². The van der Waals surface area contributed by atoms with E-state index >= 15 is 0 Å². The van der Waals surface area contributed by atoms with Crippen LogP contribution in [0.3, 0.4) is 0 Å². The van der Waals surface area contributed by atoms with Gasteiger partial charge < -0.3 is 0 Å². The first kappa shape index (κ1) is 14.8. The van der Waals surface area contributed by atoms with Crippen LogP contribution in [0.4, 0.5) is 0 Å². The molecule has 112 valence electrons. The molecule has 3 rings (SSSR count). The van der Waals surface area contributed by atoms with Gasteiger partial charge in [-0.25, -0.2) is 0 Å². The minimum absolute atomic E-state index is 0.0963. The maximum Gasteiger partial charge on any atom is 0.0117 e. The van der Waals surface area contributed by atoms with Crippen LogP contribution in [-0.2, 0) is 0 Å². The van der Waals surface area contributed by atoms with Gasteiger partial charge in [0.25, 0.3) is 0 Å². The third kappa shape index (κ3) is 2.14. The molecule has 2 aromatic carbocycles. The molecule has 0 spiro atoms. The van der Waals surface area contributed by atoms with E-state index in [0.29, 0.717) is 0 Å². The normalized spacial score (nSPS) is 17.3. The van der Waals surface area contributed by atoms with Gasteiger partial charge in [0.1, 0.15) is 0 Å². The molecule has 0 N–H and O–H groups in total. The highest BCUT2D eigenvalue weighted by atomic mass is 14.4. The van der Waals surface area contributed by atoms with Crippen LogP contribution < -0.4 is 0 Å². The van der Waals surface area contributed by atoms with Crippen molar-refractivity contribution in [2.24, 2.45) is 5.41 Å². The Morgan fingerprint density at radius 3 is 1.73 bits per heavy atom. The first-order valence-electron chi connectivity index (χ1n) is 7.99. The molecule has 0 bridgehead atoms. The number of benzene rings is 2. The van der Waals surface area contributed by atoms with Crippen LogP contribution in [0.15, 0.2) is 71.3 Å². The fourth-order valence-corrected chi connectivity index (χ4v) is 3.70. The molecule has 0 amide bonds. The molecule has 0 radical (unpaired) electrons. The van der Waals surface area contributed by atoms with Crippen molar-refractivity contribution in [3.63, 3.8) is 0 Å². The van der Waals surface area contributed by atoms with Gasteiger partial charge in [0.2, 0.25) is 0 Å². The lowest BCUT2D eigenvalue weighted by Crippen LogP contribution is -2.13. The standard InChI is InChI=1S/C22H24/c1-15-16(2)21(22(4,5)17(15)3)20-14-10-9-13-19(20)18-11-7-6-8-12-18/h6-14H,1-5H3. The van der Waals surface area contributed by atoms with Gasteiger partial charge in [0.05, 0.1) is 0 Å². The molecule has 0 aromatic heterocycles. The Morgan fingerprint density at radius 2 is 1.18 bits per heavy atom. The largest absolute Gasteiger partial charge is 0.0622 e. The van der Waals surface area contributed by atoms with Crippen molar-refractivity contribution in [1.29, 1.82) is 0 Å². The zero-order valence-corrected chi connectivity index (χ0v) is 14.2. The predicted octanol–water partition coefficient (Wildman–Crippen LogP) is 6.50. The van der Waals surface area contributed by atoms with E-state index in [9.17, 15) is 0 Å². The highest BCUT2D eigenvalue weighted by Gasteiger charge is 2.35. The molecule has 0 saturated carbocycles. The molecular weight excluding hydrogens is 264 g/mol. The molecular formula is C22H24. The lowest BCUT2D eigenvalue weighted by atomic mass is 9.76. The molecule has 0 atom stereocenters.